The fourth-order valence-corrected chi connectivity index (χ4v) is 5.46. The zero-order chi connectivity index (χ0) is 23.1. The van der Waals surface area contributed by atoms with Crippen LogP contribution in [-0.2, 0) is 29.5 Å². The molecular formula is C26H27N3O3S. The minimum atomic E-state index is -3.73. The predicted molar refractivity (Wildman–Crippen MR) is 129 cm³/mol. The largest absolute Gasteiger partial charge is 0.486 e. The van der Waals surface area contributed by atoms with Crippen LogP contribution in [0.15, 0.2) is 78.0 Å². The average Bonchev–Trinajstić information content (AvgIpc) is 3.20. The number of sulfonamides is 1. The topological polar surface area (TPSA) is 73.2 Å². The Labute approximate surface area is 194 Å². The summed E-state index contributed by atoms with van der Waals surface area (Å²) in [6, 6.07) is 21.3. The molecule has 0 atom stereocenters. The molecule has 6 nitrogen and oxygen atoms in total. The Morgan fingerprint density at radius 3 is 2.70 bits per heavy atom. The first kappa shape index (κ1) is 21.7. The summed E-state index contributed by atoms with van der Waals surface area (Å²) in [6.45, 7) is 4.84. The zero-order valence-corrected chi connectivity index (χ0v) is 19.6. The number of ether oxygens (including phenoxy) is 1. The fourth-order valence-electron chi connectivity index (χ4n) is 4.28. The molecule has 5 rings (SSSR count). The molecule has 0 bridgehead atoms. The Bertz CT molecular complexity index is 1420. The molecule has 0 saturated carbocycles. The van der Waals surface area contributed by atoms with Crippen molar-refractivity contribution in [2.45, 2.75) is 50.3 Å². The van der Waals surface area contributed by atoms with Crippen LogP contribution in [0.2, 0.25) is 0 Å². The SMILES string of the molecule is CC1(C)CCc2cccc(S(=O)(=O)NCc3cccc(Cn4cnc5ccccc54)c3)c2O1. The number of aromatic nitrogens is 2. The molecule has 0 aliphatic carbocycles. The van der Waals surface area contributed by atoms with Crippen molar-refractivity contribution < 1.29 is 13.2 Å². The highest BCUT2D eigenvalue weighted by molar-refractivity contribution is 7.89. The fraction of sp³-hybridized carbons (Fsp3) is 0.269. The summed E-state index contributed by atoms with van der Waals surface area (Å²) < 4.78 is 37.3. The minimum Gasteiger partial charge on any atom is -0.486 e. The van der Waals surface area contributed by atoms with Crippen LogP contribution in [0.1, 0.15) is 37.0 Å². The maximum Gasteiger partial charge on any atom is 0.244 e. The molecule has 0 amide bonds. The Kier molecular flexibility index (Phi) is 5.46. The Morgan fingerprint density at radius 1 is 1.03 bits per heavy atom. The van der Waals surface area contributed by atoms with Gasteiger partial charge in [0, 0.05) is 13.1 Å². The van der Waals surface area contributed by atoms with Crippen LogP contribution in [0, 0.1) is 0 Å². The van der Waals surface area contributed by atoms with E-state index in [0.29, 0.717) is 12.3 Å². The second kappa shape index (κ2) is 8.32. The van der Waals surface area contributed by atoms with E-state index in [0.717, 1.165) is 40.6 Å². The molecule has 170 valence electrons. The van der Waals surface area contributed by atoms with Crippen molar-refractivity contribution in [1.29, 1.82) is 0 Å². The van der Waals surface area contributed by atoms with Gasteiger partial charge in [0.25, 0.3) is 0 Å². The van der Waals surface area contributed by atoms with Gasteiger partial charge in [-0.25, -0.2) is 18.1 Å². The van der Waals surface area contributed by atoms with Gasteiger partial charge in [-0.3, -0.25) is 0 Å². The van der Waals surface area contributed by atoms with E-state index in [1.54, 1.807) is 12.1 Å². The van der Waals surface area contributed by atoms with Crippen LogP contribution < -0.4 is 9.46 Å². The van der Waals surface area contributed by atoms with E-state index in [1.807, 2.05) is 74.8 Å². The van der Waals surface area contributed by atoms with E-state index < -0.39 is 10.0 Å². The molecule has 2 heterocycles. The number of aryl methyl sites for hydroxylation is 1. The predicted octanol–water partition coefficient (Wildman–Crippen LogP) is 4.67. The van der Waals surface area contributed by atoms with Gasteiger partial charge in [-0.15, -0.1) is 0 Å². The first-order valence-corrected chi connectivity index (χ1v) is 12.6. The lowest BCUT2D eigenvalue weighted by Gasteiger charge is -2.33. The van der Waals surface area contributed by atoms with Crippen molar-refractivity contribution in [3.8, 4) is 5.75 Å². The Morgan fingerprint density at radius 2 is 1.82 bits per heavy atom. The lowest BCUT2D eigenvalue weighted by Crippen LogP contribution is -2.34. The summed E-state index contributed by atoms with van der Waals surface area (Å²) in [5.41, 5.74) is 4.55. The molecule has 0 saturated heterocycles. The number of rotatable bonds is 6. The number of imidazole rings is 1. The molecule has 0 spiro atoms. The molecule has 0 fully saturated rings. The van der Waals surface area contributed by atoms with E-state index in [4.69, 9.17) is 4.74 Å². The lowest BCUT2D eigenvalue weighted by atomic mass is 9.94. The van der Waals surface area contributed by atoms with E-state index in [2.05, 4.69) is 14.3 Å². The highest BCUT2D eigenvalue weighted by Crippen LogP contribution is 2.37. The average molecular weight is 462 g/mol. The molecule has 3 aromatic carbocycles. The Balaban J connectivity index is 1.34. The normalized spacial score (nSPS) is 15.2. The minimum absolute atomic E-state index is 0.202. The summed E-state index contributed by atoms with van der Waals surface area (Å²) in [4.78, 5) is 4.65. The molecule has 1 aliphatic heterocycles. The molecular weight excluding hydrogens is 434 g/mol. The van der Waals surface area contributed by atoms with Gasteiger partial charge in [0.2, 0.25) is 10.0 Å². The molecule has 0 radical (unpaired) electrons. The van der Waals surface area contributed by atoms with Crippen molar-refractivity contribution in [3.63, 3.8) is 0 Å². The van der Waals surface area contributed by atoms with Crippen LogP contribution in [0.5, 0.6) is 5.75 Å². The third-order valence-electron chi connectivity index (χ3n) is 6.06. The van der Waals surface area contributed by atoms with Crippen LogP contribution in [0.25, 0.3) is 11.0 Å². The number of nitrogens with zero attached hydrogens (tertiary/aromatic N) is 2. The molecule has 1 N–H and O–H groups in total. The van der Waals surface area contributed by atoms with Crippen molar-refractivity contribution >= 4 is 21.1 Å². The van der Waals surface area contributed by atoms with Gasteiger partial charge in [-0.1, -0.05) is 48.5 Å². The van der Waals surface area contributed by atoms with Crippen molar-refractivity contribution in [3.05, 3.63) is 89.7 Å². The van der Waals surface area contributed by atoms with E-state index >= 15 is 0 Å². The van der Waals surface area contributed by atoms with Gasteiger partial charge in [-0.2, -0.15) is 0 Å². The van der Waals surface area contributed by atoms with Crippen molar-refractivity contribution in [2.75, 3.05) is 0 Å². The van der Waals surface area contributed by atoms with Crippen LogP contribution in [0.3, 0.4) is 0 Å². The molecule has 1 aromatic heterocycles. The number of benzene rings is 3. The summed E-state index contributed by atoms with van der Waals surface area (Å²) in [6.07, 6.45) is 3.49. The second-order valence-corrected chi connectivity index (χ2v) is 10.8. The monoisotopic (exact) mass is 461 g/mol. The zero-order valence-electron chi connectivity index (χ0n) is 18.8. The number of hydrogen-bond donors (Lipinski definition) is 1. The number of nitrogens with one attached hydrogen (secondary N) is 1. The molecule has 1 aliphatic rings. The van der Waals surface area contributed by atoms with Gasteiger partial charge < -0.3 is 9.30 Å². The number of hydrogen-bond acceptors (Lipinski definition) is 4. The first-order chi connectivity index (χ1) is 15.8. The molecule has 7 heteroatoms. The van der Waals surface area contributed by atoms with Gasteiger partial charge in [0.05, 0.1) is 17.4 Å². The standard InChI is InChI=1S/C26H27N3O3S/c1-26(2)14-13-21-9-6-12-24(25(21)32-26)33(30,31)28-16-19-7-5-8-20(15-19)17-29-18-27-22-10-3-4-11-23(22)29/h3-12,15,18,28H,13-14,16-17H2,1-2H3. The maximum absolute atomic E-state index is 13.2. The number of para-hydroxylation sites is 3. The first-order valence-electron chi connectivity index (χ1n) is 11.1. The Hall–Kier alpha value is -3.16. The van der Waals surface area contributed by atoms with Gasteiger partial charge in [0.1, 0.15) is 16.2 Å². The van der Waals surface area contributed by atoms with Crippen molar-refractivity contribution in [2.24, 2.45) is 0 Å². The van der Waals surface area contributed by atoms with E-state index in [9.17, 15) is 8.42 Å². The smallest absolute Gasteiger partial charge is 0.244 e. The summed E-state index contributed by atoms with van der Waals surface area (Å²) in [7, 11) is -3.73. The summed E-state index contributed by atoms with van der Waals surface area (Å²) >= 11 is 0. The molecule has 4 aromatic rings. The third kappa shape index (κ3) is 4.51. The number of fused-ring (bicyclic) bond motifs is 2. The second-order valence-electron chi connectivity index (χ2n) is 9.11. The van der Waals surface area contributed by atoms with Crippen LogP contribution >= 0.6 is 0 Å². The lowest BCUT2D eigenvalue weighted by molar-refractivity contribution is 0.0806. The summed E-state index contributed by atoms with van der Waals surface area (Å²) in [5, 5.41) is 0. The van der Waals surface area contributed by atoms with Crippen LogP contribution in [0.4, 0.5) is 0 Å². The maximum atomic E-state index is 13.2. The highest BCUT2D eigenvalue weighted by atomic mass is 32.2. The van der Waals surface area contributed by atoms with E-state index in [1.165, 1.54) is 0 Å². The van der Waals surface area contributed by atoms with Crippen LogP contribution in [-0.4, -0.2) is 23.6 Å². The highest BCUT2D eigenvalue weighted by Gasteiger charge is 2.31. The van der Waals surface area contributed by atoms with Gasteiger partial charge >= 0.3 is 0 Å². The quantitative estimate of drug-likeness (QED) is 0.453. The van der Waals surface area contributed by atoms with Gasteiger partial charge in [0.15, 0.2) is 0 Å². The third-order valence-corrected chi connectivity index (χ3v) is 7.49. The van der Waals surface area contributed by atoms with Crippen molar-refractivity contribution in [1.82, 2.24) is 14.3 Å². The molecule has 0 unspecified atom stereocenters. The van der Waals surface area contributed by atoms with Gasteiger partial charge in [-0.05, 0) is 61.6 Å². The molecule has 33 heavy (non-hydrogen) atoms. The van der Waals surface area contributed by atoms with E-state index in [-0.39, 0.29) is 17.0 Å². The summed E-state index contributed by atoms with van der Waals surface area (Å²) in [5.74, 6) is 0.474.